The summed E-state index contributed by atoms with van der Waals surface area (Å²) in [5, 5.41) is 0. The molecule has 2 aliphatic carbocycles. The number of allylic oxidation sites excluding steroid dienone is 1. The predicted molar refractivity (Wildman–Crippen MR) is 130 cm³/mol. The van der Waals surface area contributed by atoms with Gasteiger partial charge < -0.3 is 4.74 Å². The summed E-state index contributed by atoms with van der Waals surface area (Å²) < 4.78 is 34.9. The standard InChI is InChI=1S/C26H36F2OS2/c1-3-17-5-7-20(8-6-17)26-30-15-21(16-31-26)18-9-11-19(12-10-18)22-13-14-23(29-4-2)25(28)24(22)27/h3,13-14,17-21,26H,1,4-12,15-16H2,2H3. The van der Waals surface area contributed by atoms with Crippen molar-refractivity contribution in [2.75, 3.05) is 18.1 Å². The summed E-state index contributed by atoms with van der Waals surface area (Å²) in [4.78, 5) is 0. The highest BCUT2D eigenvalue weighted by molar-refractivity contribution is 8.17. The second kappa shape index (κ2) is 11.0. The first-order chi connectivity index (χ1) is 15.1. The highest BCUT2D eigenvalue weighted by Crippen LogP contribution is 2.49. The van der Waals surface area contributed by atoms with E-state index in [2.05, 4.69) is 36.2 Å². The molecule has 0 atom stereocenters. The van der Waals surface area contributed by atoms with Crippen molar-refractivity contribution in [1.82, 2.24) is 0 Å². The molecule has 1 nitrogen and oxygen atoms in total. The van der Waals surface area contributed by atoms with Crippen LogP contribution in [0.3, 0.4) is 0 Å². The van der Waals surface area contributed by atoms with E-state index in [-0.39, 0.29) is 11.7 Å². The molecule has 0 N–H and O–H groups in total. The van der Waals surface area contributed by atoms with Gasteiger partial charge in [0.15, 0.2) is 11.6 Å². The Morgan fingerprint density at radius 2 is 1.55 bits per heavy atom. The predicted octanol–water partition coefficient (Wildman–Crippen LogP) is 8.05. The molecule has 1 saturated heterocycles. The molecule has 0 bridgehead atoms. The molecule has 1 aliphatic heterocycles. The topological polar surface area (TPSA) is 9.23 Å². The molecule has 0 aromatic heterocycles. The molecule has 4 rings (SSSR count). The van der Waals surface area contributed by atoms with Crippen molar-refractivity contribution in [2.45, 2.75) is 68.8 Å². The Kier molecular flexibility index (Phi) is 8.30. The van der Waals surface area contributed by atoms with E-state index in [1.165, 1.54) is 37.2 Å². The van der Waals surface area contributed by atoms with Crippen LogP contribution in [0.2, 0.25) is 0 Å². The summed E-state index contributed by atoms with van der Waals surface area (Å²) in [6, 6.07) is 3.34. The first kappa shape index (κ1) is 23.5. The second-order valence-corrected chi connectivity index (χ2v) is 12.2. The van der Waals surface area contributed by atoms with Gasteiger partial charge in [-0.15, -0.1) is 30.1 Å². The summed E-state index contributed by atoms with van der Waals surface area (Å²) in [6.07, 6.45) is 11.7. The molecule has 1 aromatic carbocycles. The van der Waals surface area contributed by atoms with E-state index >= 15 is 0 Å². The normalized spacial score (nSPS) is 34.3. The van der Waals surface area contributed by atoms with Crippen LogP contribution in [0.1, 0.15) is 69.8 Å². The zero-order valence-electron chi connectivity index (χ0n) is 18.7. The lowest BCUT2D eigenvalue weighted by atomic mass is 9.74. The molecule has 0 radical (unpaired) electrons. The molecule has 172 valence electrons. The number of benzene rings is 1. The fourth-order valence-electron chi connectivity index (χ4n) is 5.76. The minimum Gasteiger partial charge on any atom is -0.491 e. The number of ether oxygens (including phenoxy) is 1. The molecule has 2 saturated carbocycles. The van der Waals surface area contributed by atoms with Gasteiger partial charge in [-0.2, -0.15) is 4.39 Å². The molecular formula is C26H36F2OS2. The first-order valence-electron chi connectivity index (χ1n) is 12.1. The van der Waals surface area contributed by atoms with Crippen LogP contribution in [0, 0.1) is 35.3 Å². The third kappa shape index (κ3) is 5.46. The van der Waals surface area contributed by atoms with E-state index in [0.29, 0.717) is 12.2 Å². The van der Waals surface area contributed by atoms with Gasteiger partial charge >= 0.3 is 0 Å². The quantitative estimate of drug-likeness (QED) is 0.392. The van der Waals surface area contributed by atoms with Crippen LogP contribution < -0.4 is 4.74 Å². The highest BCUT2D eigenvalue weighted by atomic mass is 32.2. The average Bonchev–Trinajstić information content (AvgIpc) is 2.83. The summed E-state index contributed by atoms with van der Waals surface area (Å²) in [5.74, 6) is 4.33. The van der Waals surface area contributed by atoms with Gasteiger partial charge in [-0.05, 0) is 111 Å². The molecule has 3 aliphatic rings. The summed E-state index contributed by atoms with van der Waals surface area (Å²) in [6.45, 7) is 6.10. The van der Waals surface area contributed by atoms with Crippen molar-refractivity contribution >= 4 is 23.5 Å². The van der Waals surface area contributed by atoms with Crippen LogP contribution in [0.25, 0.3) is 0 Å². The van der Waals surface area contributed by atoms with Gasteiger partial charge in [-0.1, -0.05) is 12.1 Å². The van der Waals surface area contributed by atoms with Crippen molar-refractivity contribution in [2.24, 2.45) is 23.7 Å². The van der Waals surface area contributed by atoms with Crippen LogP contribution >= 0.6 is 23.5 Å². The van der Waals surface area contributed by atoms with Gasteiger partial charge in [0.05, 0.1) is 11.2 Å². The Morgan fingerprint density at radius 3 is 2.16 bits per heavy atom. The van der Waals surface area contributed by atoms with Crippen LogP contribution in [-0.2, 0) is 0 Å². The average molecular weight is 467 g/mol. The number of hydrogen-bond donors (Lipinski definition) is 0. The SMILES string of the molecule is C=CC1CCC(C2SCC(C3CCC(c4ccc(OCC)c(F)c4F)CC3)CS2)CC1. The van der Waals surface area contributed by atoms with E-state index in [1.54, 1.807) is 19.1 Å². The molecule has 1 aromatic rings. The fraction of sp³-hybridized carbons (Fsp3) is 0.692. The van der Waals surface area contributed by atoms with Crippen molar-refractivity contribution in [3.63, 3.8) is 0 Å². The largest absolute Gasteiger partial charge is 0.491 e. The maximum absolute atomic E-state index is 14.6. The third-order valence-corrected chi connectivity index (χ3v) is 11.2. The summed E-state index contributed by atoms with van der Waals surface area (Å²) in [5.41, 5.74) is 0.544. The Labute approximate surface area is 195 Å². The number of thioether (sulfide) groups is 2. The Balaban J connectivity index is 1.26. The monoisotopic (exact) mass is 466 g/mol. The van der Waals surface area contributed by atoms with Crippen LogP contribution in [0.15, 0.2) is 24.8 Å². The zero-order valence-corrected chi connectivity index (χ0v) is 20.3. The van der Waals surface area contributed by atoms with E-state index in [4.69, 9.17) is 4.74 Å². The maximum Gasteiger partial charge on any atom is 0.200 e. The first-order valence-corrected chi connectivity index (χ1v) is 14.2. The Bertz CT molecular complexity index is 731. The van der Waals surface area contributed by atoms with Gasteiger partial charge in [-0.25, -0.2) is 4.39 Å². The number of hydrogen-bond acceptors (Lipinski definition) is 3. The number of rotatable bonds is 6. The van der Waals surface area contributed by atoms with Crippen molar-refractivity contribution in [1.29, 1.82) is 0 Å². The third-order valence-electron chi connectivity index (χ3n) is 7.74. The lowest BCUT2D eigenvalue weighted by molar-refractivity contribution is 0.258. The van der Waals surface area contributed by atoms with Crippen molar-refractivity contribution in [3.8, 4) is 5.75 Å². The molecule has 31 heavy (non-hydrogen) atoms. The second-order valence-electron chi connectivity index (χ2n) is 9.53. The van der Waals surface area contributed by atoms with E-state index in [1.807, 2.05) is 0 Å². The van der Waals surface area contributed by atoms with Gasteiger partial charge in [0.25, 0.3) is 0 Å². The lowest BCUT2D eigenvalue weighted by Gasteiger charge is -2.40. The molecule has 0 amide bonds. The van der Waals surface area contributed by atoms with E-state index in [9.17, 15) is 8.78 Å². The van der Waals surface area contributed by atoms with E-state index in [0.717, 1.165) is 53.9 Å². The van der Waals surface area contributed by atoms with Crippen molar-refractivity contribution < 1.29 is 13.5 Å². The minimum atomic E-state index is -0.824. The van der Waals surface area contributed by atoms with Crippen LogP contribution in [0.5, 0.6) is 5.75 Å². The summed E-state index contributed by atoms with van der Waals surface area (Å²) >= 11 is 4.40. The lowest BCUT2D eigenvalue weighted by Crippen LogP contribution is -2.31. The van der Waals surface area contributed by atoms with Gasteiger partial charge in [0.1, 0.15) is 0 Å². The van der Waals surface area contributed by atoms with Crippen LogP contribution in [0.4, 0.5) is 8.78 Å². The molecule has 0 spiro atoms. The molecule has 0 unspecified atom stereocenters. The molecule has 1 heterocycles. The smallest absolute Gasteiger partial charge is 0.200 e. The molecular weight excluding hydrogens is 430 g/mol. The van der Waals surface area contributed by atoms with Crippen LogP contribution in [-0.4, -0.2) is 22.7 Å². The summed E-state index contributed by atoms with van der Waals surface area (Å²) in [7, 11) is 0. The molecule has 3 fully saturated rings. The maximum atomic E-state index is 14.6. The Hall–Kier alpha value is -0.680. The van der Waals surface area contributed by atoms with E-state index < -0.39 is 11.6 Å². The molecule has 5 heteroatoms. The highest BCUT2D eigenvalue weighted by Gasteiger charge is 2.36. The zero-order chi connectivity index (χ0) is 21.8. The van der Waals surface area contributed by atoms with Gasteiger partial charge in [-0.3, -0.25) is 0 Å². The minimum absolute atomic E-state index is 0.0289. The number of halogens is 2. The van der Waals surface area contributed by atoms with Crippen molar-refractivity contribution in [3.05, 3.63) is 42.0 Å². The Morgan fingerprint density at radius 1 is 0.903 bits per heavy atom. The fourth-order valence-corrected chi connectivity index (χ4v) is 9.51. The van der Waals surface area contributed by atoms with Gasteiger partial charge in [0.2, 0.25) is 5.82 Å². The van der Waals surface area contributed by atoms with Gasteiger partial charge in [0, 0.05) is 0 Å².